The van der Waals surface area contributed by atoms with Crippen molar-refractivity contribution in [2.75, 3.05) is 12.3 Å². The number of phosphoric acid groups is 3. The van der Waals surface area contributed by atoms with Crippen LogP contribution >= 0.6 is 23.5 Å². The minimum absolute atomic E-state index is 0.00220. The number of aliphatic hydroxyl groups is 1. The summed E-state index contributed by atoms with van der Waals surface area (Å²) in [7, 11) is -16.5. The molecule has 1 aromatic rings. The van der Waals surface area contributed by atoms with Gasteiger partial charge < -0.3 is 35.2 Å². The average Bonchev–Trinajstić information content (AvgIpc) is 3.13. The van der Waals surface area contributed by atoms with Crippen LogP contribution < -0.4 is 11.4 Å². The fourth-order valence-corrected chi connectivity index (χ4v) is 6.34. The van der Waals surface area contributed by atoms with Crippen LogP contribution in [0.1, 0.15) is 19.1 Å². The number of anilines is 1. The molecule has 1 aliphatic carbocycles. The summed E-state index contributed by atoms with van der Waals surface area (Å²) in [4.78, 5) is 51.5. The maximum atomic E-state index is 12.0. The molecule has 0 radical (unpaired) electrons. The van der Waals surface area contributed by atoms with E-state index in [1.165, 1.54) is 12.3 Å². The number of nitrogen functional groups attached to an aromatic ring is 1. The largest absolute Gasteiger partial charge is 0.490 e. The normalized spacial score (nSPS) is 32.4. The van der Waals surface area contributed by atoms with E-state index in [0.717, 1.165) is 4.57 Å². The van der Waals surface area contributed by atoms with E-state index in [-0.39, 0.29) is 18.2 Å². The Morgan fingerprint density at radius 2 is 1.77 bits per heavy atom. The summed E-state index contributed by atoms with van der Waals surface area (Å²) in [5.41, 5.74) is 4.75. The summed E-state index contributed by atoms with van der Waals surface area (Å²) in [5, 5.41) is 9.76. The third kappa shape index (κ3) is 6.75. The van der Waals surface area contributed by atoms with Gasteiger partial charge in [-0.05, 0) is 30.7 Å². The smallest absolute Gasteiger partial charge is 0.393 e. The summed E-state index contributed by atoms with van der Waals surface area (Å²) < 4.78 is 52.8. The number of rotatable bonds is 9. The Morgan fingerprint density at radius 1 is 1.13 bits per heavy atom. The molecule has 1 aromatic heterocycles. The number of ether oxygens (including phenoxy) is 1. The maximum absolute atomic E-state index is 12.0. The first-order valence-electron chi connectivity index (χ1n) is 8.62. The van der Waals surface area contributed by atoms with Crippen molar-refractivity contribution in [3.63, 3.8) is 0 Å². The van der Waals surface area contributed by atoms with Crippen LogP contribution in [0.3, 0.4) is 0 Å². The van der Waals surface area contributed by atoms with Crippen LogP contribution in [0.25, 0.3) is 0 Å². The van der Waals surface area contributed by atoms with E-state index in [0.29, 0.717) is 6.42 Å². The Bertz CT molecular complexity index is 1030. The predicted octanol–water partition coefficient (Wildman–Crippen LogP) is -0.547. The molecule has 2 fully saturated rings. The van der Waals surface area contributed by atoms with E-state index in [9.17, 15) is 33.4 Å². The summed E-state index contributed by atoms with van der Waals surface area (Å²) in [6.45, 7) is -0.675. The number of aromatic nitrogens is 2. The summed E-state index contributed by atoms with van der Waals surface area (Å²) in [6, 6.07) is 1.37. The van der Waals surface area contributed by atoms with Gasteiger partial charge in [0.1, 0.15) is 12.0 Å². The number of hydrogen-bond donors (Lipinski definition) is 6. The highest BCUT2D eigenvalue weighted by molar-refractivity contribution is 7.66. The molecular weight excluding hydrogens is 487 g/mol. The number of hydrogen-bond acceptors (Lipinski definition) is 11. The number of nitrogens with two attached hydrogens (primary N) is 1. The molecule has 176 valence electrons. The van der Waals surface area contributed by atoms with Gasteiger partial charge in [-0.2, -0.15) is 13.6 Å². The molecule has 0 aromatic carbocycles. The quantitative estimate of drug-likeness (QED) is 0.229. The molecule has 7 N–H and O–H groups in total. The van der Waals surface area contributed by atoms with Gasteiger partial charge in [-0.15, -0.1) is 0 Å². The minimum Gasteiger partial charge on any atom is -0.393 e. The Morgan fingerprint density at radius 3 is 2.32 bits per heavy atom. The van der Waals surface area contributed by atoms with Crippen LogP contribution in [0, 0.1) is 11.8 Å². The van der Waals surface area contributed by atoms with Gasteiger partial charge in [-0.3, -0.25) is 9.09 Å². The molecular formula is C12H20N3O13P3. The molecule has 7 atom stereocenters. The van der Waals surface area contributed by atoms with E-state index < -0.39 is 60.1 Å². The lowest BCUT2D eigenvalue weighted by molar-refractivity contribution is -0.0345. The van der Waals surface area contributed by atoms with Crippen molar-refractivity contribution in [2.45, 2.75) is 31.3 Å². The maximum Gasteiger partial charge on any atom is 0.490 e. The number of phosphoric ester groups is 1. The highest BCUT2D eigenvalue weighted by Gasteiger charge is 2.51. The number of nitrogens with zero attached hydrogens (tertiary/aromatic N) is 2. The highest BCUT2D eigenvalue weighted by Crippen LogP contribution is 2.66. The first kappa shape index (κ1) is 24.6. The van der Waals surface area contributed by atoms with Crippen molar-refractivity contribution in [1.82, 2.24) is 9.55 Å². The monoisotopic (exact) mass is 507 g/mol. The van der Waals surface area contributed by atoms with Gasteiger partial charge in [-0.1, -0.05) is 0 Å². The molecule has 0 bridgehead atoms. The van der Waals surface area contributed by atoms with Gasteiger partial charge in [0.15, 0.2) is 0 Å². The van der Waals surface area contributed by atoms with Crippen LogP contribution in [0.5, 0.6) is 0 Å². The summed E-state index contributed by atoms with van der Waals surface area (Å²) in [5.74, 6) is -0.661. The lowest BCUT2D eigenvalue weighted by Gasteiger charge is -2.21. The zero-order chi connectivity index (χ0) is 23.2. The Hall–Kier alpha value is -0.990. The van der Waals surface area contributed by atoms with Gasteiger partial charge >= 0.3 is 29.2 Å². The topological polar surface area (TPSA) is 250 Å². The molecule has 2 heterocycles. The number of aliphatic hydroxyl groups excluding tert-OH is 1. The lowest BCUT2D eigenvalue weighted by atomic mass is 9.95. The zero-order valence-electron chi connectivity index (χ0n) is 15.5. The molecule has 7 unspecified atom stereocenters. The highest BCUT2D eigenvalue weighted by atomic mass is 31.3. The van der Waals surface area contributed by atoms with Crippen LogP contribution in [0.4, 0.5) is 5.82 Å². The van der Waals surface area contributed by atoms with Crippen LogP contribution in [-0.2, 0) is 31.6 Å². The van der Waals surface area contributed by atoms with E-state index >= 15 is 0 Å². The molecule has 3 rings (SSSR count). The fraction of sp³-hybridized carbons (Fsp3) is 0.667. The Labute approximate surface area is 174 Å². The third-order valence-corrected chi connectivity index (χ3v) is 8.42. The van der Waals surface area contributed by atoms with Crippen molar-refractivity contribution < 1.29 is 56.3 Å². The van der Waals surface area contributed by atoms with E-state index in [1.54, 1.807) is 0 Å². The zero-order valence-corrected chi connectivity index (χ0v) is 18.2. The SMILES string of the molecule is Nc1ccn(C2CC(C3CC3O)C(COP(=O)(O)OP(=O)(O)OP(=O)(O)O)O2)c(=O)n1. The summed E-state index contributed by atoms with van der Waals surface area (Å²) in [6.07, 6.45) is -0.434. The average molecular weight is 507 g/mol. The first-order valence-corrected chi connectivity index (χ1v) is 13.1. The molecule has 0 amide bonds. The standard InChI is InChI=1S/C12H20N3O13P3/c13-10-1-2-15(12(17)14-10)11-4-7(6-3-8(6)16)9(26-11)5-25-30(21,22)28-31(23,24)27-29(18,19)20/h1-2,6-9,11,16H,3-5H2,(H,21,22)(H,23,24)(H2,13,14,17)(H2,18,19,20). The van der Waals surface area contributed by atoms with Crippen molar-refractivity contribution in [3.05, 3.63) is 22.7 Å². The first-order chi connectivity index (χ1) is 14.2. The van der Waals surface area contributed by atoms with E-state index in [2.05, 4.69) is 18.1 Å². The van der Waals surface area contributed by atoms with Gasteiger partial charge in [0.25, 0.3) is 0 Å². The molecule has 1 aliphatic heterocycles. The van der Waals surface area contributed by atoms with Gasteiger partial charge in [0, 0.05) is 6.20 Å². The lowest BCUT2D eigenvalue weighted by Crippen LogP contribution is -2.28. The van der Waals surface area contributed by atoms with Gasteiger partial charge in [-0.25, -0.2) is 18.5 Å². The van der Waals surface area contributed by atoms with Crippen LogP contribution in [-0.4, -0.2) is 53.0 Å². The molecule has 31 heavy (non-hydrogen) atoms. The van der Waals surface area contributed by atoms with Crippen molar-refractivity contribution >= 4 is 29.3 Å². The minimum atomic E-state index is -5.65. The molecule has 1 saturated heterocycles. The molecule has 19 heteroatoms. The molecule has 1 saturated carbocycles. The fourth-order valence-electron chi connectivity index (χ4n) is 3.31. The van der Waals surface area contributed by atoms with E-state index in [1.807, 2.05) is 0 Å². The van der Waals surface area contributed by atoms with Gasteiger partial charge in [0.05, 0.1) is 18.8 Å². The molecule has 2 aliphatic rings. The van der Waals surface area contributed by atoms with E-state index in [4.69, 9.17) is 20.3 Å². The van der Waals surface area contributed by atoms with Crippen LogP contribution in [0.15, 0.2) is 17.1 Å². The molecule has 0 spiro atoms. The second-order valence-corrected chi connectivity index (χ2v) is 11.3. The van der Waals surface area contributed by atoms with Crippen molar-refractivity contribution in [1.29, 1.82) is 0 Å². The second-order valence-electron chi connectivity index (χ2n) is 6.92. The Kier molecular flexibility index (Phi) is 6.95. The Balaban J connectivity index is 1.68. The van der Waals surface area contributed by atoms with Crippen molar-refractivity contribution in [2.24, 2.45) is 11.8 Å². The predicted molar refractivity (Wildman–Crippen MR) is 98.9 cm³/mol. The second kappa shape index (κ2) is 8.75. The molecule has 16 nitrogen and oxygen atoms in total. The van der Waals surface area contributed by atoms with Crippen molar-refractivity contribution in [3.8, 4) is 0 Å². The third-order valence-electron chi connectivity index (χ3n) is 4.62. The van der Waals surface area contributed by atoms with Crippen LogP contribution in [0.2, 0.25) is 0 Å². The van der Waals surface area contributed by atoms with Gasteiger partial charge in [0.2, 0.25) is 0 Å². The summed E-state index contributed by atoms with van der Waals surface area (Å²) >= 11 is 0.